The van der Waals surface area contributed by atoms with Gasteiger partial charge in [0.2, 0.25) is 15.9 Å². The molecule has 1 aromatic heterocycles. The summed E-state index contributed by atoms with van der Waals surface area (Å²) < 4.78 is 33.6. The maximum absolute atomic E-state index is 13.1. The van der Waals surface area contributed by atoms with E-state index in [1.54, 1.807) is 22.5 Å². The Hall–Kier alpha value is -2.97. The van der Waals surface area contributed by atoms with E-state index in [1.165, 1.54) is 0 Å². The standard InChI is InChI=1S/C24H28N4O3S/c1-17-5-8-21(9-6-17)31-24-16-23(25-20(4)26-24)27-11-13-28(14-12-27)32(29,30)22-10-7-18(2)19(3)15-22/h5-10,15-16H,11-14H2,1-4H3. The van der Waals surface area contributed by atoms with Crippen LogP contribution in [0.4, 0.5) is 5.82 Å². The van der Waals surface area contributed by atoms with E-state index < -0.39 is 10.0 Å². The van der Waals surface area contributed by atoms with Crippen LogP contribution in [0.2, 0.25) is 0 Å². The first-order chi connectivity index (χ1) is 15.2. The van der Waals surface area contributed by atoms with Gasteiger partial charge in [-0.05, 0) is 63.1 Å². The molecule has 0 unspecified atom stereocenters. The van der Waals surface area contributed by atoms with Gasteiger partial charge >= 0.3 is 0 Å². The van der Waals surface area contributed by atoms with Gasteiger partial charge in [-0.1, -0.05) is 23.8 Å². The molecular weight excluding hydrogens is 424 g/mol. The number of rotatable bonds is 5. The van der Waals surface area contributed by atoms with E-state index in [2.05, 4.69) is 14.9 Å². The minimum absolute atomic E-state index is 0.348. The Morgan fingerprint density at radius 2 is 1.50 bits per heavy atom. The van der Waals surface area contributed by atoms with Crippen molar-refractivity contribution >= 4 is 15.8 Å². The number of hydrogen-bond acceptors (Lipinski definition) is 6. The predicted molar refractivity (Wildman–Crippen MR) is 125 cm³/mol. The Morgan fingerprint density at radius 3 is 2.16 bits per heavy atom. The van der Waals surface area contributed by atoms with E-state index in [0.29, 0.717) is 48.5 Å². The SMILES string of the molecule is Cc1ccc(Oc2cc(N3CCN(S(=O)(=O)c4ccc(C)c(C)c4)CC3)nc(C)n2)cc1. The number of ether oxygens (including phenoxy) is 1. The van der Waals surface area contributed by atoms with Gasteiger partial charge in [-0.3, -0.25) is 0 Å². The van der Waals surface area contributed by atoms with Gasteiger partial charge in [-0.2, -0.15) is 9.29 Å². The van der Waals surface area contributed by atoms with E-state index >= 15 is 0 Å². The first-order valence-electron chi connectivity index (χ1n) is 10.6. The highest BCUT2D eigenvalue weighted by molar-refractivity contribution is 7.89. The van der Waals surface area contributed by atoms with E-state index in [0.717, 1.165) is 22.5 Å². The summed E-state index contributed by atoms with van der Waals surface area (Å²) in [4.78, 5) is 11.4. The van der Waals surface area contributed by atoms with Crippen molar-refractivity contribution in [3.8, 4) is 11.6 Å². The quantitative estimate of drug-likeness (QED) is 0.582. The van der Waals surface area contributed by atoms with Gasteiger partial charge in [-0.25, -0.2) is 13.4 Å². The van der Waals surface area contributed by atoms with Crippen LogP contribution in [0, 0.1) is 27.7 Å². The highest BCUT2D eigenvalue weighted by Gasteiger charge is 2.29. The first-order valence-corrected chi connectivity index (χ1v) is 12.1. The van der Waals surface area contributed by atoms with Gasteiger partial charge in [0.25, 0.3) is 0 Å². The fourth-order valence-electron chi connectivity index (χ4n) is 3.65. The van der Waals surface area contributed by atoms with Crippen molar-refractivity contribution in [3.05, 3.63) is 71.0 Å². The lowest BCUT2D eigenvalue weighted by Gasteiger charge is -2.34. The maximum Gasteiger partial charge on any atom is 0.243 e. The van der Waals surface area contributed by atoms with Crippen molar-refractivity contribution in [3.63, 3.8) is 0 Å². The highest BCUT2D eigenvalue weighted by Crippen LogP contribution is 2.26. The normalized spacial score (nSPS) is 15.1. The molecule has 0 spiro atoms. The molecule has 2 aromatic carbocycles. The lowest BCUT2D eigenvalue weighted by molar-refractivity contribution is 0.383. The average molecular weight is 453 g/mol. The summed E-state index contributed by atoms with van der Waals surface area (Å²) in [5.74, 6) is 2.53. The minimum Gasteiger partial charge on any atom is -0.439 e. The van der Waals surface area contributed by atoms with Crippen molar-refractivity contribution < 1.29 is 13.2 Å². The summed E-state index contributed by atoms with van der Waals surface area (Å²) in [5, 5.41) is 0. The molecule has 32 heavy (non-hydrogen) atoms. The Labute approximate surface area is 189 Å². The number of anilines is 1. The van der Waals surface area contributed by atoms with Crippen molar-refractivity contribution in [2.45, 2.75) is 32.6 Å². The maximum atomic E-state index is 13.1. The molecule has 0 bridgehead atoms. The number of aromatic nitrogens is 2. The minimum atomic E-state index is -3.52. The third kappa shape index (κ3) is 4.76. The van der Waals surface area contributed by atoms with E-state index in [1.807, 2.05) is 58.0 Å². The zero-order valence-corrected chi connectivity index (χ0v) is 19.7. The van der Waals surface area contributed by atoms with Crippen molar-refractivity contribution in [1.82, 2.24) is 14.3 Å². The fraction of sp³-hybridized carbons (Fsp3) is 0.333. The number of benzene rings is 2. The van der Waals surface area contributed by atoms with E-state index in [4.69, 9.17) is 4.74 Å². The zero-order chi connectivity index (χ0) is 22.9. The molecule has 7 nitrogen and oxygen atoms in total. The van der Waals surface area contributed by atoms with Crippen LogP contribution in [0.25, 0.3) is 0 Å². The molecule has 0 aliphatic carbocycles. The molecule has 0 saturated carbocycles. The van der Waals surface area contributed by atoms with Gasteiger partial charge in [0, 0.05) is 32.2 Å². The molecule has 3 aromatic rings. The highest BCUT2D eigenvalue weighted by atomic mass is 32.2. The van der Waals surface area contributed by atoms with Crippen LogP contribution in [0.1, 0.15) is 22.5 Å². The lowest BCUT2D eigenvalue weighted by atomic mass is 10.1. The molecule has 4 rings (SSSR count). The van der Waals surface area contributed by atoms with Crippen LogP contribution >= 0.6 is 0 Å². The van der Waals surface area contributed by atoms with Crippen LogP contribution < -0.4 is 9.64 Å². The molecular formula is C24H28N4O3S. The first kappa shape index (κ1) is 22.2. The van der Waals surface area contributed by atoms with E-state index in [9.17, 15) is 8.42 Å². The second-order valence-electron chi connectivity index (χ2n) is 8.16. The van der Waals surface area contributed by atoms with Crippen LogP contribution in [0.3, 0.4) is 0 Å². The largest absolute Gasteiger partial charge is 0.439 e. The van der Waals surface area contributed by atoms with Gasteiger partial charge < -0.3 is 9.64 Å². The summed E-state index contributed by atoms with van der Waals surface area (Å²) in [6.45, 7) is 9.64. The molecule has 0 radical (unpaired) electrons. The van der Waals surface area contributed by atoms with E-state index in [-0.39, 0.29) is 0 Å². The molecule has 2 heterocycles. The van der Waals surface area contributed by atoms with Gasteiger partial charge in [-0.15, -0.1) is 0 Å². The summed E-state index contributed by atoms with van der Waals surface area (Å²) in [7, 11) is -3.52. The number of aryl methyl sites for hydroxylation is 4. The smallest absolute Gasteiger partial charge is 0.243 e. The molecule has 1 fully saturated rings. The summed E-state index contributed by atoms with van der Waals surface area (Å²) in [6, 6.07) is 14.9. The molecule has 0 atom stereocenters. The molecule has 8 heteroatoms. The summed E-state index contributed by atoms with van der Waals surface area (Å²) >= 11 is 0. The fourth-order valence-corrected chi connectivity index (χ4v) is 5.16. The number of piperazine rings is 1. The monoisotopic (exact) mass is 452 g/mol. The number of sulfonamides is 1. The van der Waals surface area contributed by atoms with Gasteiger partial charge in [0.1, 0.15) is 17.4 Å². The second-order valence-corrected chi connectivity index (χ2v) is 10.1. The molecule has 1 aliphatic rings. The zero-order valence-electron chi connectivity index (χ0n) is 18.9. The molecule has 1 aliphatic heterocycles. The summed E-state index contributed by atoms with van der Waals surface area (Å²) in [6.07, 6.45) is 0. The number of nitrogens with zero attached hydrogens (tertiary/aromatic N) is 4. The predicted octanol–water partition coefficient (Wildman–Crippen LogP) is 4.01. The Kier molecular flexibility index (Phi) is 6.17. The van der Waals surface area contributed by atoms with Crippen LogP contribution in [0.5, 0.6) is 11.6 Å². The van der Waals surface area contributed by atoms with Gasteiger partial charge in [0.15, 0.2) is 0 Å². The molecule has 0 N–H and O–H groups in total. The number of hydrogen-bond donors (Lipinski definition) is 0. The van der Waals surface area contributed by atoms with Crippen molar-refractivity contribution in [1.29, 1.82) is 0 Å². The van der Waals surface area contributed by atoms with Crippen LogP contribution in [-0.2, 0) is 10.0 Å². The average Bonchev–Trinajstić information content (AvgIpc) is 2.77. The third-order valence-corrected chi connectivity index (χ3v) is 7.62. The lowest BCUT2D eigenvalue weighted by Crippen LogP contribution is -2.49. The van der Waals surface area contributed by atoms with Gasteiger partial charge in [0.05, 0.1) is 4.90 Å². The topological polar surface area (TPSA) is 75.6 Å². The summed E-state index contributed by atoms with van der Waals surface area (Å²) in [5.41, 5.74) is 3.21. The Balaban J connectivity index is 1.47. The van der Waals surface area contributed by atoms with Crippen molar-refractivity contribution in [2.75, 3.05) is 31.1 Å². The van der Waals surface area contributed by atoms with Crippen LogP contribution in [0.15, 0.2) is 53.4 Å². The molecule has 1 saturated heterocycles. The molecule has 168 valence electrons. The van der Waals surface area contributed by atoms with Crippen molar-refractivity contribution in [2.24, 2.45) is 0 Å². The third-order valence-electron chi connectivity index (χ3n) is 5.72. The second kappa shape index (κ2) is 8.88. The molecule has 0 amide bonds. The van der Waals surface area contributed by atoms with Crippen LogP contribution in [-0.4, -0.2) is 48.9 Å². The Bertz CT molecular complexity index is 1220. The Morgan fingerprint density at radius 1 is 0.812 bits per heavy atom.